The smallest absolute Gasteiger partial charge is 0.255 e. The lowest BCUT2D eigenvalue weighted by atomic mass is 10.1. The molecule has 0 aliphatic heterocycles. The van der Waals surface area contributed by atoms with Crippen molar-refractivity contribution in [2.24, 2.45) is 0 Å². The molecule has 1 amide bonds. The summed E-state index contributed by atoms with van der Waals surface area (Å²) in [4.78, 5) is 12.6. The predicted molar refractivity (Wildman–Crippen MR) is 114 cm³/mol. The first-order valence-corrected chi connectivity index (χ1v) is 9.23. The Kier molecular flexibility index (Phi) is 6.24. The number of anilines is 1. The lowest BCUT2D eigenvalue weighted by molar-refractivity contribution is 0.102. The van der Waals surface area contributed by atoms with Crippen LogP contribution in [0.5, 0.6) is 5.75 Å². The van der Waals surface area contributed by atoms with E-state index in [0.29, 0.717) is 35.4 Å². The number of hydrogen-bond acceptors (Lipinski definition) is 3. The quantitative estimate of drug-likeness (QED) is 0.449. The van der Waals surface area contributed by atoms with E-state index in [1.807, 2.05) is 6.08 Å². The van der Waals surface area contributed by atoms with Crippen LogP contribution in [-0.4, -0.2) is 21.2 Å². The van der Waals surface area contributed by atoms with Crippen molar-refractivity contribution < 1.29 is 14.3 Å². The second-order valence-corrected chi connectivity index (χ2v) is 6.54. The number of halogens is 1. The van der Waals surface area contributed by atoms with Crippen LogP contribution in [0.4, 0.5) is 10.1 Å². The summed E-state index contributed by atoms with van der Waals surface area (Å²) in [5.74, 6) is -0.367. The Morgan fingerprint density at radius 2 is 2.14 bits per heavy atom. The van der Waals surface area contributed by atoms with Gasteiger partial charge in [-0.25, -0.2) is 4.39 Å². The summed E-state index contributed by atoms with van der Waals surface area (Å²) in [5.41, 5.74) is 3.04. The zero-order valence-electron chi connectivity index (χ0n) is 16.1. The van der Waals surface area contributed by atoms with Crippen LogP contribution in [0, 0.1) is 0 Å². The molecule has 2 aromatic carbocycles. The zero-order chi connectivity index (χ0) is 20.8. The van der Waals surface area contributed by atoms with Gasteiger partial charge in [-0.15, -0.1) is 0 Å². The topological polar surface area (TPSA) is 78.0 Å². The van der Waals surface area contributed by atoms with E-state index in [1.165, 1.54) is 18.2 Å². The largest absolute Gasteiger partial charge is 0.508 e. The summed E-state index contributed by atoms with van der Waals surface area (Å²) < 4.78 is 13.2. The third kappa shape index (κ3) is 4.99. The van der Waals surface area contributed by atoms with Gasteiger partial charge >= 0.3 is 0 Å². The highest BCUT2D eigenvalue weighted by Gasteiger charge is 2.12. The summed E-state index contributed by atoms with van der Waals surface area (Å²) in [5, 5.41) is 20.3. The van der Waals surface area contributed by atoms with Gasteiger partial charge in [-0.1, -0.05) is 30.9 Å². The second-order valence-electron chi connectivity index (χ2n) is 6.54. The van der Waals surface area contributed by atoms with Crippen molar-refractivity contribution in [1.82, 2.24) is 10.2 Å². The average Bonchev–Trinajstić information content (AvgIpc) is 3.14. The number of aromatic nitrogens is 2. The Labute approximate surface area is 168 Å². The number of phenols is 1. The van der Waals surface area contributed by atoms with Gasteiger partial charge in [0.15, 0.2) is 0 Å². The summed E-state index contributed by atoms with van der Waals surface area (Å²) in [6.45, 7) is 5.70. The third-order valence-electron chi connectivity index (χ3n) is 4.42. The molecular formula is C23H22FN3O2. The van der Waals surface area contributed by atoms with Crippen molar-refractivity contribution in [3.8, 4) is 5.75 Å². The Morgan fingerprint density at radius 3 is 2.90 bits per heavy atom. The number of nitrogens with one attached hydrogen (secondary N) is 2. The molecule has 5 nitrogen and oxygen atoms in total. The molecule has 0 spiro atoms. The number of fused-ring (bicyclic) bond motifs is 1. The number of nitrogens with zero attached hydrogens (tertiary/aromatic N) is 1. The van der Waals surface area contributed by atoms with Crippen molar-refractivity contribution >= 4 is 28.1 Å². The van der Waals surface area contributed by atoms with Gasteiger partial charge in [0.05, 0.1) is 17.0 Å². The minimum Gasteiger partial charge on any atom is -0.508 e. The van der Waals surface area contributed by atoms with Crippen LogP contribution < -0.4 is 5.32 Å². The summed E-state index contributed by atoms with van der Waals surface area (Å²) in [6, 6.07) is 11.6. The number of carbonyl (C=O) groups excluding carboxylic acids is 1. The fraction of sp³-hybridized carbons (Fsp3) is 0.130. The van der Waals surface area contributed by atoms with E-state index in [1.54, 1.807) is 43.3 Å². The highest BCUT2D eigenvalue weighted by atomic mass is 19.1. The molecule has 0 aliphatic rings. The number of carbonyl (C=O) groups is 1. The van der Waals surface area contributed by atoms with Crippen molar-refractivity contribution in [3.05, 3.63) is 84.4 Å². The van der Waals surface area contributed by atoms with Gasteiger partial charge in [0, 0.05) is 29.1 Å². The fourth-order valence-corrected chi connectivity index (χ4v) is 2.86. The minimum absolute atomic E-state index is 0.0766. The molecule has 29 heavy (non-hydrogen) atoms. The first-order chi connectivity index (χ1) is 14.0. The number of benzene rings is 2. The molecule has 1 aromatic heterocycles. The van der Waals surface area contributed by atoms with Crippen molar-refractivity contribution in [1.29, 1.82) is 0 Å². The summed E-state index contributed by atoms with van der Waals surface area (Å²) in [6.07, 6.45) is 6.02. The molecule has 3 N–H and O–H groups in total. The van der Waals surface area contributed by atoms with Gasteiger partial charge in [-0.05, 0) is 49.2 Å². The average molecular weight is 391 g/mol. The third-order valence-corrected chi connectivity index (χ3v) is 4.42. The predicted octanol–water partition coefficient (Wildman–Crippen LogP) is 5.74. The van der Waals surface area contributed by atoms with Crippen LogP contribution in [0.2, 0.25) is 0 Å². The van der Waals surface area contributed by atoms with E-state index in [0.717, 1.165) is 10.9 Å². The van der Waals surface area contributed by atoms with Crippen LogP contribution >= 0.6 is 0 Å². The van der Waals surface area contributed by atoms with Gasteiger partial charge in [0.2, 0.25) is 0 Å². The summed E-state index contributed by atoms with van der Waals surface area (Å²) in [7, 11) is 0. The highest BCUT2D eigenvalue weighted by Crippen LogP contribution is 2.25. The Morgan fingerprint density at radius 1 is 1.31 bits per heavy atom. The number of allylic oxidation sites excluding steroid dienone is 5. The van der Waals surface area contributed by atoms with Crippen LogP contribution in [0.25, 0.3) is 16.5 Å². The number of hydrogen-bond donors (Lipinski definition) is 3. The molecule has 0 saturated heterocycles. The monoisotopic (exact) mass is 391 g/mol. The van der Waals surface area contributed by atoms with Gasteiger partial charge in [0.1, 0.15) is 5.75 Å². The number of phenolic OH excluding ortho intramolecular Hbond substituents is 1. The SMILES string of the molecule is C=C(/C=C\CC/C(F)=C\C)c1n[nH]c2ccc(C(=O)Nc3cccc(O)c3)cc12. The molecule has 6 heteroatoms. The fourth-order valence-electron chi connectivity index (χ4n) is 2.86. The van der Waals surface area contributed by atoms with E-state index in [9.17, 15) is 14.3 Å². The van der Waals surface area contributed by atoms with E-state index in [2.05, 4.69) is 22.1 Å². The number of amides is 1. The van der Waals surface area contributed by atoms with E-state index in [4.69, 9.17) is 0 Å². The normalized spacial score (nSPS) is 11.9. The number of H-pyrrole nitrogens is 1. The Hall–Kier alpha value is -3.67. The number of aromatic amines is 1. The van der Waals surface area contributed by atoms with Crippen molar-refractivity contribution in [2.75, 3.05) is 5.32 Å². The molecule has 0 bridgehead atoms. The van der Waals surface area contributed by atoms with Gasteiger partial charge < -0.3 is 10.4 Å². The van der Waals surface area contributed by atoms with Gasteiger partial charge in [0.25, 0.3) is 5.91 Å². The maximum absolute atomic E-state index is 13.2. The molecule has 148 valence electrons. The van der Waals surface area contributed by atoms with E-state index in [-0.39, 0.29) is 17.5 Å². The van der Waals surface area contributed by atoms with Crippen LogP contribution in [-0.2, 0) is 0 Å². The van der Waals surface area contributed by atoms with Crippen LogP contribution in [0.3, 0.4) is 0 Å². The van der Waals surface area contributed by atoms with Crippen molar-refractivity contribution in [2.45, 2.75) is 19.8 Å². The molecule has 3 aromatic rings. The van der Waals surface area contributed by atoms with E-state index >= 15 is 0 Å². The Balaban J connectivity index is 1.78. The molecule has 0 radical (unpaired) electrons. The first-order valence-electron chi connectivity index (χ1n) is 9.23. The van der Waals surface area contributed by atoms with E-state index < -0.39 is 0 Å². The highest BCUT2D eigenvalue weighted by molar-refractivity contribution is 6.07. The zero-order valence-corrected chi connectivity index (χ0v) is 16.1. The maximum Gasteiger partial charge on any atom is 0.255 e. The van der Waals surface area contributed by atoms with Crippen molar-refractivity contribution in [3.63, 3.8) is 0 Å². The lowest BCUT2D eigenvalue weighted by Gasteiger charge is -2.06. The van der Waals surface area contributed by atoms with Gasteiger partial charge in [-0.3, -0.25) is 9.89 Å². The summed E-state index contributed by atoms with van der Waals surface area (Å²) >= 11 is 0. The molecule has 3 rings (SSSR count). The molecule has 0 unspecified atom stereocenters. The molecular weight excluding hydrogens is 369 g/mol. The van der Waals surface area contributed by atoms with Crippen LogP contribution in [0.1, 0.15) is 35.8 Å². The molecule has 0 saturated carbocycles. The Bertz CT molecular complexity index is 1110. The number of aromatic hydroxyl groups is 1. The molecule has 0 fully saturated rings. The molecule has 0 atom stereocenters. The first kappa shape index (κ1) is 20.1. The van der Waals surface area contributed by atoms with Crippen LogP contribution in [0.15, 0.2) is 73.1 Å². The maximum atomic E-state index is 13.2. The molecule has 1 heterocycles. The standard InChI is InChI=1S/C23H22FN3O2/c1-3-17(24)8-5-4-7-15(2)22-20-13-16(11-12-21(20)26-27-22)23(29)25-18-9-6-10-19(28)14-18/h3-4,6-7,9-14,28H,2,5,8H2,1H3,(H,25,29)(H,26,27)/b7-4-,17-3+. The lowest BCUT2D eigenvalue weighted by Crippen LogP contribution is -2.11. The van der Waals surface area contributed by atoms with Gasteiger partial charge in [-0.2, -0.15) is 5.10 Å². The second kappa shape index (κ2) is 9.01. The number of rotatable bonds is 7. The molecule has 0 aliphatic carbocycles. The minimum atomic E-state index is -0.298.